The molecule has 1 N–H and O–H groups in total. The normalized spacial score (nSPS) is 17.2. The first-order chi connectivity index (χ1) is 13.9. The fraction of sp³-hybridized carbons (Fsp3) is 0.350. The lowest BCUT2D eigenvalue weighted by molar-refractivity contribution is 0.0605. The molecule has 0 amide bonds. The summed E-state index contributed by atoms with van der Waals surface area (Å²) in [6.45, 7) is 3.13. The predicted molar refractivity (Wildman–Crippen MR) is 115 cm³/mol. The van der Waals surface area contributed by atoms with Gasteiger partial charge in [-0.1, -0.05) is 29.3 Å². The zero-order valence-electron chi connectivity index (χ0n) is 15.9. The molecule has 152 valence electrons. The van der Waals surface area contributed by atoms with Gasteiger partial charge in [0, 0.05) is 6.04 Å². The highest BCUT2D eigenvalue weighted by molar-refractivity contribution is 7.20. The largest absolute Gasteiger partial charge is 0.465 e. The number of rotatable bonds is 4. The lowest BCUT2D eigenvalue weighted by Crippen LogP contribution is -2.25. The van der Waals surface area contributed by atoms with Crippen molar-refractivity contribution in [2.45, 2.75) is 32.4 Å². The fourth-order valence-corrected chi connectivity index (χ4v) is 5.28. The van der Waals surface area contributed by atoms with Crippen molar-refractivity contribution in [3.63, 3.8) is 0 Å². The van der Waals surface area contributed by atoms with E-state index in [1.807, 2.05) is 18.2 Å². The number of H-pyrrole nitrogens is 1. The number of carbonyl (C=O) groups excluding carboxylic acids is 1. The van der Waals surface area contributed by atoms with Gasteiger partial charge in [0.1, 0.15) is 15.5 Å². The van der Waals surface area contributed by atoms with E-state index in [1.54, 1.807) is 6.92 Å². The maximum absolute atomic E-state index is 12.7. The van der Waals surface area contributed by atoms with Crippen LogP contribution in [0, 0.1) is 6.92 Å². The van der Waals surface area contributed by atoms with Crippen LogP contribution in [0.3, 0.4) is 0 Å². The van der Waals surface area contributed by atoms with Crippen molar-refractivity contribution in [2.24, 2.45) is 0 Å². The highest BCUT2D eigenvalue weighted by Gasteiger charge is 2.28. The number of benzene rings is 1. The van der Waals surface area contributed by atoms with E-state index in [0.717, 1.165) is 24.9 Å². The molecule has 0 aliphatic carbocycles. The van der Waals surface area contributed by atoms with Crippen molar-refractivity contribution in [2.75, 3.05) is 13.7 Å². The zero-order valence-corrected chi connectivity index (χ0v) is 18.2. The summed E-state index contributed by atoms with van der Waals surface area (Å²) in [6, 6.07) is 5.88. The van der Waals surface area contributed by atoms with E-state index >= 15 is 0 Å². The number of methoxy groups -OCH3 is 1. The lowest BCUT2D eigenvalue weighted by atomic mass is 10.0. The number of ether oxygens (including phenoxy) is 1. The highest BCUT2D eigenvalue weighted by atomic mass is 35.5. The third kappa shape index (κ3) is 3.80. The van der Waals surface area contributed by atoms with Crippen LogP contribution < -0.4 is 5.56 Å². The van der Waals surface area contributed by atoms with Crippen LogP contribution in [0.25, 0.3) is 10.2 Å². The van der Waals surface area contributed by atoms with Gasteiger partial charge in [0.25, 0.3) is 5.56 Å². The molecule has 0 bridgehead atoms. The Kier molecular flexibility index (Phi) is 5.66. The maximum atomic E-state index is 12.7. The molecule has 1 fully saturated rings. The number of esters is 1. The number of nitrogens with one attached hydrogen (secondary N) is 1. The van der Waals surface area contributed by atoms with Crippen LogP contribution in [0.5, 0.6) is 0 Å². The van der Waals surface area contributed by atoms with Crippen molar-refractivity contribution < 1.29 is 9.53 Å². The number of aryl methyl sites for hydroxylation is 1. The topological polar surface area (TPSA) is 75.3 Å². The molecule has 3 heterocycles. The van der Waals surface area contributed by atoms with Crippen molar-refractivity contribution in [1.29, 1.82) is 0 Å². The Balaban J connectivity index is 1.65. The molecule has 1 atom stereocenters. The van der Waals surface area contributed by atoms with Gasteiger partial charge in [-0.3, -0.25) is 9.69 Å². The van der Waals surface area contributed by atoms with E-state index in [0.29, 0.717) is 43.1 Å². The van der Waals surface area contributed by atoms with E-state index in [1.165, 1.54) is 18.4 Å². The highest BCUT2D eigenvalue weighted by Crippen LogP contribution is 2.36. The van der Waals surface area contributed by atoms with Crippen LogP contribution in [0.1, 0.15) is 45.5 Å². The van der Waals surface area contributed by atoms with Crippen LogP contribution in [0.15, 0.2) is 23.0 Å². The first-order valence-electron chi connectivity index (χ1n) is 9.18. The molecule has 1 aliphatic heterocycles. The van der Waals surface area contributed by atoms with Crippen molar-refractivity contribution >= 4 is 50.7 Å². The second kappa shape index (κ2) is 8.07. The summed E-state index contributed by atoms with van der Waals surface area (Å²) in [4.78, 5) is 35.3. The summed E-state index contributed by atoms with van der Waals surface area (Å²) < 4.78 is 4.81. The van der Waals surface area contributed by atoms with E-state index in [2.05, 4.69) is 14.9 Å². The number of thiophene rings is 1. The van der Waals surface area contributed by atoms with Gasteiger partial charge in [-0.15, -0.1) is 11.3 Å². The Bertz CT molecular complexity index is 1160. The number of aromatic nitrogens is 2. The predicted octanol–water partition coefficient (Wildman–Crippen LogP) is 4.72. The van der Waals surface area contributed by atoms with Crippen LogP contribution in [-0.4, -0.2) is 34.5 Å². The standard InChI is InChI=1S/C20H19Cl2N3O3S/c1-10-16-18(26)23-15(24-19(16)29-17(10)20(27)28-2)9-25-7-3-4-14(25)11-5-6-12(21)13(22)8-11/h5-6,8,14H,3-4,7,9H2,1-2H3,(H,23,24,26). The van der Waals surface area contributed by atoms with Crippen LogP contribution >= 0.6 is 34.5 Å². The molecule has 0 saturated carbocycles. The molecule has 1 aliphatic rings. The monoisotopic (exact) mass is 451 g/mol. The Hall–Kier alpha value is -1.93. The first kappa shape index (κ1) is 20.3. The van der Waals surface area contributed by atoms with Gasteiger partial charge >= 0.3 is 5.97 Å². The molecule has 3 aromatic rings. The first-order valence-corrected chi connectivity index (χ1v) is 10.8. The fourth-order valence-electron chi connectivity index (χ4n) is 3.86. The van der Waals surface area contributed by atoms with E-state index in [-0.39, 0.29) is 11.6 Å². The smallest absolute Gasteiger partial charge is 0.348 e. The molecule has 1 unspecified atom stereocenters. The molecular formula is C20H19Cl2N3O3S. The molecule has 6 nitrogen and oxygen atoms in total. The molecule has 1 aromatic carbocycles. The minimum Gasteiger partial charge on any atom is -0.465 e. The average Bonchev–Trinajstić information content (AvgIpc) is 3.28. The molecular weight excluding hydrogens is 433 g/mol. The molecule has 9 heteroatoms. The van der Waals surface area contributed by atoms with Gasteiger partial charge in [0.2, 0.25) is 0 Å². The minimum atomic E-state index is -0.453. The van der Waals surface area contributed by atoms with E-state index in [9.17, 15) is 9.59 Å². The van der Waals surface area contributed by atoms with Gasteiger partial charge in [0.05, 0.1) is 29.1 Å². The lowest BCUT2D eigenvalue weighted by Gasteiger charge is -2.24. The van der Waals surface area contributed by atoms with Crippen LogP contribution in [0.2, 0.25) is 10.0 Å². The number of aromatic amines is 1. The molecule has 1 saturated heterocycles. The van der Waals surface area contributed by atoms with E-state index < -0.39 is 5.97 Å². The van der Waals surface area contributed by atoms with Crippen molar-refractivity contribution in [3.05, 3.63) is 60.4 Å². The minimum absolute atomic E-state index is 0.182. The molecule has 0 radical (unpaired) electrons. The number of carbonyl (C=O) groups is 1. The summed E-state index contributed by atoms with van der Waals surface area (Å²) in [5, 5.41) is 1.51. The summed E-state index contributed by atoms with van der Waals surface area (Å²) in [5.74, 6) is 0.123. The Morgan fingerprint density at radius 2 is 2.17 bits per heavy atom. The summed E-state index contributed by atoms with van der Waals surface area (Å²) in [7, 11) is 1.33. The Morgan fingerprint density at radius 3 is 2.90 bits per heavy atom. The third-order valence-electron chi connectivity index (χ3n) is 5.27. The second-order valence-corrected chi connectivity index (χ2v) is 8.86. The number of hydrogen-bond donors (Lipinski definition) is 1. The summed E-state index contributed by atoms with van der Waals surface area (Å²) >= 11 is 13.4. The molecule has 4 rings (SSSR count). The van der Waals surface area contributed by atoms with Crippen molar-refractivity contribution in [3.8, 4) is 0 Å². The van der Waals surface area contributed by atoms with Gasteiger partial charge in [-0.25, -0.2) is 9.78 Å². The number of hydrogen-bond acceptors (Lipinski definition) is 6. The zero-order chi connectivity index (χ0) is 20.7. The van der Waals surface area contributed by atoms with Gasteiger partial charge in [-0.05, 0) is 49.6 Å². The number of nitrogens with zero attached hydrogens (tertiary/aromatic N) is 2. The molecule has 29 heavy (non-hydrogen) atoms. The second-order valence-electron chi connectivity index (χ2n) is 7.04. The third-order valence-corrected chi connectivity index (χ3v) is 7.17. The van der Waals surface area contributed by atoms with E-state index in [4.69, 9.17) is 27.9 Å². The SMILES string of the molecule is COC(=O)c1sc2nc(CN3CCCC3c3ccc(Cl)c(Cl)c3)[nH]c(=O)c2c1C. The van der Waals surface area contributed by atoms with Crippen LogP contribution in [0.4, 0.5) is 0 Å². The number of halogens is 2. The van der Waals surface area contributed by atoms with Gasteiger partial charge in [-0.2, -0.15) is 0 Å². The number of fused-ring (bicyclic) bond motifs is 1. The summed E-state index contributed by atoms with van der Waals surface area (Å²) in [5.41, 5.74) is 1.46. The van der Waals surface area contributed by atoms with Gasteiger partial charge < -0.3 is 9.72 Å². The molecule has 2 aromatic heterocycles. The molecule has 0 spiro atoms. The Labute approximate surface area is 181 Å². The number of likely N-dealkylation sites (tertiary alicyclic amines) is 1. The van der Waals surface area contributed by atoms with Crippen molar-refractivity contribution in [1.82, 2.24) is 14.9 Å². The van der Waals surface area contributed by atoms with Gasteiger partial charge in [0.15, 0.2) is 0 Å². The summed E-state index contributed by atoms with van der Waals surface area (Å²) in [6.07, 6.45) is 2.04. The maximum Gasteiger partial charge on any atom is 0.348 e. The quantitative estimate of drug-likeness (QED) is 0.580. The van der Waals surface area contributed by atoms with Crippen LogP contribution in [-0.2, 0) is 11.3 Å². The Morgan fingerprint density at radius 1 is 1.38 bits per heavy atom. The average molecular weight is 452 g/mol.